The molecule has 0 unspecified atom stereocenters. The van der Waals surface area contributed by atoms with Gasteiger partial charge in [-0.3, -0.25) is 0 Å². The molecule has 0 bridgehead atoms. The molecule has 0 spiro atoms. The van der Waals surface area contributed by atoms with E-state index in [4.69, 9.17) is 12.2 Å². The summed E-state index contributed by atoms with van der Waals surface area (Å²) in [5.74, 6) is 0. The number of likely N-dealkylation sites (N-methyl/N-ethyl adjacent to an activating group) is 2. The van der Waals surface area contributed by atoms with Crippen LogP contribution in [0.2, 0.25) is 0 Å². The molecule has 0 fully saturated rings. The fraction of sp³-hybridized carbons (Fsp3) is 0.833. The minimum atomic E-state index is -0.0793. The van der Waals surface area contributed by atoms with Gasteiger partial charge in [-0.1, -0.05) is 12.2 Å². The van der Waals surface area contributed by atoms with Crippen LogP contribution in [0.15, 0.2) is 0 Å². The summed E-state index contributed by atoms with van der Waals surface area (Å²) in [7, 11) is 3.73. The standard InChI is InChI=1S/C6H14N2S/c1-6(2,8-4)5(9)7-3/h8H,1-4H3,(H,7,9). The van der Waals surface area contributed by atoms with E-state index in [1.165, 1.54) is 0 Å². The summed E-state index contributed by atoms with van der Waals surface area (Å²) >= 11 is 5.02. The van der Waals surface area contributed by atoms with Gasteiger partial charge in [-0.2, -0.15) is 0 Å². The first-order chi connectivity index (χ1) is 4.04. The topological polar surface area (TPSA) is 24.1 Å². The maximum absolute atomic E-state index is 5.02. The number of rotatable bonds is 2. The Morgan fingerprint density at radius 1 is 1.33 bits per heavy atom. The molecule has 54 valence electrons. The third kappa shape index (κ3) is 2.28. The Morgan fingerprint density at radius 2 is 1.78 bits per heavy atom. The van der Waals surface area contributed by atoms with Crippen LogP contribution < -0.4 is 10.6 Å². The first kappa shape index (κ1) is 8.85. The molecule has 2 N–H and O–H groups in total. The lowest BCUT2D eigenvalue weighted by molar-refractivity contribution is 0.558. The zero-order valence-corrected chi connectivity index (χ0v) is 7.22. The normalized spacial score (nSPS) is 11.1. The fourth-order valence-corrected chi connectivity index (χ4v) is 0.528. The lowest BCUT2D eigenvalue weighted by Crippen LogP contribution is -2.48. The van der Waals surface area contributed by atoms with Gasteiger partial charge < -0.3 is 10.6 Å². The van der Waals surface area contributed by atoms with Gasteiger partial charge in [0.1, 0.15) is 0 Å². The number of hydrogen-bond acceptors (Lipinski definition) is 2. The summed E-state index contributed by atoms with van der Waals surface area (Å²) in [5.41, 5.74) is -0.0793. The Hall–Kier alpha value is -0.150. The van der Waals surface area contributed by atoms with Gasteiger partial charge in [0.2, 0.25) is 0 Å². The van der Waals surface area contributed by atoms with Crippen LogP contribution in [0.4, 0.5) is 0 Å². The van der Waals surface area contributed by atoms with Crippen molar-refractivity contribution in [1.82, 2.24) is 10.6 Å². The van der Waals surface area contributed by atoms with Crippen molar-refractivity contribution < 1.29 is 0 Å². The average molecular weight is 146 g/mol. The van der Waals surface area contributed by atoms with E-state index >= 15 is 0 Å². The third-order valence-electron chi connectivity index (χ3n) is 1.42. The monoisotopic (exact) mass is 146 g/mol. The van der Waals surface area contributed by atoms with Gasteiger partial charge >= 0.3 is 0 Å². The van der Waals surface area contributed by atoms with Crippen LogP contribution in [-0.2, 0) is 0 Å². The first-order valence-electron chi connectivity index (χ1n) is 2.95. The summed E-state index contributed by atoms with van der Waals surface area (Å²) in [6, 6.07) is 0. The predicted molar refractivity (Wildman–Crippen MR) is 44.8 cm³/mol. The molecule has 0 radical (unpaired) electrons. The van der Waals surface area contributed by atoms with E-state index < -0.39 is 0 Å². The number of nitrogens with one attached hydrogen (secondary N) is 2. The van der Waals surface area contributed by atoms with E-state index in [1.807, 2.05) is 27.9 Å². The minimum absolute atomic E-state index is 0.0793. The molecule has 0 aromatic carbocycles. The Labute approximate surface area is 62.0 Å². The highest BCUT2D eigenvalue weighted by atomic mass is 32.1. The average Bonchev–Trinajstić information content (AvgIpc) is 1.86. The molecule has 0 atom stereocenters. The molecule has 0 saturated carbocycles. The summed E-state index contributed by atoms with van der Waals surface area (Å²) < 4.78 is 0. The molecule has 2 nitrogen and oxygen atoms in total. The van der Waals surface area contributed by atoms with Gasteiger partial charge in [-0.25, -0.2) is 0 Å². The van der Waals surface area contributed by atoms with Crippen molar-refractivity contribution in [2.24, 2.45) is 0 Å². The molecular formula is C6H14N2S. The van der Waals surface area contributed by atoms with Crippen molar-refractivity contribution in [3.63, 3.8) is 0 Å². The molecular weight excluding hydrogens is 132 g/mol. The molecule has 0 aromatic rings. The molecule has 0 amide bonds. The van der Waals surface area contributed by atoms with Crippen molar-refractivity contribution in [2.75, 3.05) is 14.1 Å². The van der Waals surface area contributed by atoms with Gasteiger partial charge in [0.05, 0.1) is 10.5 Å². The van der Waals surface area contributed by atoms with E-state index in [0.717, 1.165) is 4.99 Å². The van der Waals surface area contributed by atoms with Crippen molar-refractivity contribution in [3.8, 4) is 0 Å². The van der Waals surface area contributed by atoms with Gasteiger partial charge in [-0.05, 0) is 20.9 Å². The predicted octanol–water partition coefficient (Wildman–Crippen LogP) is 0.531. The Kier molecular flexibility index (Phi) is 3.08. The highest BCUT2D eigenvalue weighted by molar-refractivity contribution is 7.80. The van der Waals surface area contributed by atoms with Crippen LogP contribution >= 0.6 is 12.2 Å². The smallest absolute Gasteiger partial charge is 0.0949 e. The second kappa shape index (κ2) is 3.13. The van der Waals surface area contributed by atoms with E-state index in [0.29, 0.717) is 0 Å². The fourth-order valence-electron chi connectivity index (χ4n) is 0.426. The van der Waals surface area contributed by atoms with E-state index in [-0.39, 0.29) is 5.54 Å². The molecule has 0 aliphatic carbocycles. The largest absolute Gasteiger partial charge is 0.381 e. The van der Waals surface area contributed by atoms with Crippen molar-refractivity contribution in [1.29, 1.82) is 0 Å². The van der Waals surface area contributed by atoms with Crippen LogP contribution in [0.5, 0.6) is 0 Å². The van der Waals surface area contributed by atoms with Gasteiger partial charge in [0.25, 0.3) is 0 Å². The zero-order valence-electron chi connectivity index (χ0n) is 6.41. The van der Waals surface area contributed by atoms with Crippen LogP contribution in [0.3, 0.4) is 0 Å². The highest BCUT2D eigenvalue weighted by Gasteiger charge is 2.18. The Bertz CT molecular complexity index is 110. The molecule has 0 aromatic heterocycles. The summed E-state index contributed by atoms with van der Waals surface area (Å²) in [5, 5.41) is 6.01. The number of hydrogen-bond donors (Lipinski definition) is 2. The quantitative estimate of drug-likeness (QED) is 0.556. The van der Waals surface area contributed by atoms with E-state index in [9.17, 15) is 0 Å². The van der Waals surface area contributed by atoms with Crippen molar-refractivity contribution in [3.05, 3.63) is 0 Å². The van der Waals surface area contributed by atoms with Gasteiger partial charge in [0, 0.05) is 7.05 Å². The van der Waals surface area contributed by atoms with Crippen molar-refractivity contribution >= 4 is 17.2 Å². The van der Waals surface area contributed by atoms with Crippen molar-refractivity contribution in [2.45, 2.75) is 19.4 Å². The molecule has 0 saturated heterocycles. The summed E-state index contributed by atoms with van der Waals surface area (Å²) in [6.45, 7) is 4.07. The second-order valence-electron chi connectivity index (χ2n) is 2.45. The van der Waals surface area contributed by atoms with Gasteiger partial charge in [0.15, 0.2) is 0 Å². The third-order valence-corrected chi connectivity index (χ3v) is 2.13. The molecule has 0 heterocycles. The summed E-state index contributed by atoms with van der Waals surface area (Å²) in [6.07, 6.45) is 0. The van der Waals surface area contributed by atoms with Crippen LogP contribution in [0.25, 0.3) is 0 Å². The second-order valence-corrected chi connectivity index (χ2v) is 2.86. The zero-order chi connectivity index (χ0) is 7.49. The summed E-state index contributed by atoms with van der Waals surface area (Å²) in [4.78, 5) is 0.838. The van der Waals surface area contributed by atoms with Crippen LogP contribution in [0, 0.1) is 0 Å². The van der Waals surface area contributed by atoms with Crippen LogP contribution in [-0.4, -0.2) is 24.6 Å². The molecule has 0 aliphatic rings. The first-order valence-corrected chi connectivity index (χ1v) is 3.36. The Morgan fingerprint density at radius 3 is 1.89 bits per heavy atom. The minimum Gasteiger partial charge on any atom is -0.381 e. The van der Waals surface area contributed by atoms with Crippen LogP contribution in [0.1, 0.15) is 13.8 Å². The Balaban J connectivity index is 3.97. The lowest BCUT2D eigenvalue weighted by atomic mass is 10.1. The maximum Gasteiger partial charge on any atom is 0.0949 e. The van der Waals surface area contributed by atoms with E-state index in [1.54, 1.807) is 0 Å². The molecule has 3 heteroatoms. The van der Waals surface area contributed by atoms with E-state index in [2.05, 4.69) is 10.6 Å². The van der Waals surface area contributed by atoms with Gasteiger partial charge in [-0.15, -0.1) is 0 Å². The number of thiocarbonyl (C=S) groups is 1. The highest BCUT2D eigenvalue weighted by Crippen LogP contribution is 2.00. The SMILES string of the molecule is CNC(=S)C(C)(C)NC. The lowest BCUT2D eigenvalue weighted by Gasteiger charge is -2.24. The molecule has 0 rings (SSSR count). The molecule has 9 heavy (non-hydrogen) atoms. The molecule has 0 aliphatic heterocycles. The maximum atomic E-state index is 5.02.